The van der Waals surface area contributed by atoms with Crippen molar-refractivity contribution in [3.8, 4) is 0 Å². The normalized spacial score (nSPS) is 11.5. The van der Waals surface area contributed by atoms with Crippen molar-refractivity contribution >= 4 is 11.9 Å². The molecule has 0 fully saturated rings. The van der Waals surface area contributed by atoms with Crippen molar-refractivity contribution in [3.05, 3.63) is 17.0 Å². The third-order valence-corrected chi connectivity index (χ3v) is 4.25. The summed E-state index contributed by atoms with van der Waals surface area (Å²) >= 11 is 0. The van der Waals surface area contributed by atoms with E-state index in [9.17, 15) is 4.79 Å². The minimum absolute atomic E-state index is 0.0937. The SMILES string of the molecule is CCNC(=NCc1c(CC)noc1CC)NCCCCCCC(=O)OCC. The molecule has 7 heteroatoms. The first-order chi connectivity index (χ1) is 13.2. The van der Waals surface area contributed by atoms with E-state index in [1.165, 1.54) is 0 Å². The van der Waals surface area contributed by atoms with Crippen LogP contribution in [0.4, 0.5) is 0 Å². The molecule has 2 N–H and O–H groups in total. The van der Waals surface area contributed by atoms with Gasteiger partial charge in [-0.25, -0.2) is 4.99 Å². The van der Waals surface area contributed by atoms with E-state index in [1.54, 1.807) is 0 Å². The van der Waals surface area contributed by atoms with Crippen molar-refractivity contribution in [3.63, 3.8) is 0 Å². The number of aryl methyl sites for hydroxylation is 2. The average Bonchev–Trinajstić information content (AvgIpc) is 3.07. The Balaban J connectivity index is 2.36. The summed E-state index contributed by atoms with van der Waals surface area (Å²) in [6.45, 7) is 10.7. The molecule has 0 spiro atoms. The van der Waals surface area contributed by atoms with Crippen LogP contribution in [-0.4, -0.2) is 36.8 Å². The smallest absolute Gasteiger partial charge is 0.305 e. The molecule has 0 saturated heterocycles. The Kier molecular flexibility index (Phi) is 12.0. The largest absolute Gasteiger partial charge is 0.466 e. The second-order valence-electron chi connectivity index (χ2n) is 6.33. The zero-order chi connectivity index (χ0) is 19.9. The van der Waals surface area contributed by atoms with Crippen LogP contribution in [0.1, 0.15) is 76.8 Å². The number of nitrogens with zero attached hydrogens (tertiary/aromatic N) is 2. The summed E-state index contributed by atoms with van der Waals surface area (Å²) in [5, 5.41) is 10.8. The molecule has 0 aliphatic carbocycles. The molecule has 1 rings (SSSR count). The van der Waals surface area contributed by atoms with Crippen LogP contribution in [0.25, 0.3) is 0 Å². The first-order valence-electron chi connectivity index (χ1n) is 10.3. The molecule has 0 aliphatic heterocycles. The summed E-state index contributed by atoms with van der Waals surface area (Å²) < 4.78 is 10.3. The molecule has 0 amide bonds. The summed E-state index contributed by atoms with van der Waals surface area (Å²) in [7, 11) is 0. The molecule has 27 heavy (non-hydrogen) atoms. The molecule has 0 aliphatic rings. The highest BCUT2D eigenvalue weighted by molar-refractivity contribution is 5.79. The fraction of sp³-hybridized carbons (Fsp3) is 0.750. The number of hydrogen-bond donors (Lipinski definition) is 2. The summed E-state index contributed by atoms with van der Waals surface area (Å²) in [5.41, 5.74) is 2.10. The average molecular weight is 381 g/mol. The Morgan fingerprint density at radius 3 is 2.52 bits per heavy atom. The van der Waals surface area contributed by atoms with Gasteiger partial charge in [0.25, 0.3) is 0 Å². The number of esters is 1. The molecule has 0 saturated carbocycles. The lowest BCUT2D eigenvalue weighted by molar-refractivity contribution is -0.143. The number of aromatic nitrogens is 1. The molecule has 0 bridgehead atoms. The number of aliphatic imine (C=N–C) groups is 1. The number of unbranched alkanes of at least 4 members (excludes halogenated alkanes) is 3. The van der Waals surface area contributed by atoms with Crippen molar-refractivity contribution in [2.75, 3.05) is 19.7 Å². The maximum absolute atomic E-state index is 11.3. The number of carbonyl (C=O) groups is 1. The highest BCUT2D eigenvalue weighted by Crippen LogP contribution is 2.16. The van der Waals surface area contributed by atoms with Gasteiger partial charge < -0.3 is 19.9 Å². The van der Waals surface area contributed by atoms with Gasteiger partial charge in [-0.3, -0.25) is 4.79 Å². The van der Waals surface area contributed by atoms with Crippen molar-refractivity contribution < 1.29 is 14.1 Å². The summed E-state index contributed by atoms with van der Waals surface area (Å²) in [4.78, 5) is 16.0. The number of rotatable bonds is 13. The Bertz CT molecular complexity index is 548. The van der Waals surface area contributed by atoms with E-state index in [2.05, 4.69) is 41.6 Å². The van der Waals surface area contributed by atoms with E-state index < -0.39 is 0 Å². The zero-order valence-electron chi connectivity index (χ0n) is 17.4. The lowest BCUT2D eigenvalue weighted by Crippen LogP contribution is -2.37. The maximum atomic E-state index is 11.3. The molecule has 1 aromatic rings. The Hall–Kier alpha value is -2.05. The van der Waals surface area contributed by atoms with Gasteiger partial charge in [0.2, 0.25) is 0 Å². The van der Waals surface area contributed by atoms with Crippen LogP contribution in [-0.2, 0) is 28.9 Å². The predicted octanol–water partition coefficient (Wildman–Crippen LogP) is 3.37. The summed E-state index contributed by atoms with van der Waals surface area (Å²) in [5.74, 6) is 1.64. The second kappa shape index (κ2) is 14.1. The molecule has 1 aromatic heterocycles. The molecular weight excluding hydrogens is 344 g/mol. The Labute approximate surface area is 163 Å². The maximum Gasteiger partial charge on any atom is 0.305 e. The van der Waals surface area contributed by atoms with Crippen molar-refractivity contribution in [1.82, 2.24) is 15.8 Å². The minimum Gasteiger partial charge on any atom is -0.466 e. The number of carbonyl (C=O) groups excluding carboxylic acids is 1. The van der Waals surface area contributed by atoms with Crippen molar-refractivity contribution in [2.45, 2.75) is 79.2 Å². The fourth-order valence-electron chi connectivity index (χ4n) is 2.80. The van der Waals surface area contributed by atoms with Crippen LogP contribution < -0.4 is 10.6 Å². The van der Waals surface area contributed by atoms with E-state index in [1.807, 2.05) is 6.92 Å². The molecule has 7 nitrogen and oxygen atoms in total. The second-order valence-corrected chi connectivity index (χ2v) is 6.33. The van der Waals surface area contributed by atoms with E-state index in [0.717, 1.165) is 74.6 Å². The van der Waals surface area contributed by atoms with Crippen LogP contribution in [0.3, 0.4) is 0 Å². The first-order valence-corrected chi connectivity index (χ1v) is 10.3. The van der Waals surface area contributed by atoms with Gasteiger partial charge in [-0.1, -0.05) is 31.8 Å². The predicted molar refractivity (Wildman–Crippen MR) is 108 cm³/mol. The zero-order valence-corrected chi connectivity index (χ0v) is 17.4. The van der Waals surface area contributed by atoms with Gasteiger partial charge in [0, 0.05) is 31.5 Å². The van der Waals surface area contributed by atoms with Gasteiger partial charge in [-0.2, -0.15) is 0 Å². The van der Waals surface area contributed by atoms with Crippen molar-refractivity contribution in [2.24, 2.45) is 4.99 Å². The standard InChI is InChI=1S/C20H36N4O3/c1-5-17-16(18(6-2)27-24-17)15-23-20(21-7-3)22-14-12-10-9-11-13-19(25)26-8-4/h5-15H2,1-4H3,(H2,21,22,23). The molecule has 154 valence electrons. The van der Waals surface area contributed by atoms with Crippen LogP contribution in [0.5, 0.6) is 0 Å². The summed E-state index contributed by atoms with van der Waals surface area (Å²) in [6, 6.07) is 0. The highest BCUT2D eigenvalue weighted by atomic mass is 16.5. The Morgan fingerprint density at radius 1 is 1.07 bits per heavy atom. The topological polar surface area (TPSA) is 88.8 Å². The third kappa shape index (κ3) is 8.93. The fourth-order valence-corrected chi connectivity index (χ4v) is 2.80. The van der Waals surface area contributed by atoms with Crippen LogP contribution >= 0.6 is 0 Å². The lowest BCUT2D eigenvalue weighted by Gasteiger charge is -2.11. The third-order valence-electron chi connectivity index (χ3n) is 4.25. The van der Waals surface area contributed by atoms with E-state index in [-0.39, 0.29) is 5.97 Å². The number of nitrogens with one attached hydrogen (secondary N) is 2. The molecular formula is C20H36N4O3. The van der Waals surface area contributed by atoms with Crippen LogP contribution in [0, 0.1) is 0 Å². The number of hydrogen-bond acceptors (Lipinski definition) is 5. The highest BCUT2D eigenvalue weighted by Gasteiger charge is 2.13. The quantitative estimate of drug-likeness (QED) is 0.236. The number of guanidine groups is 1. The van der Waals surface area contributed by atoms with Gasteiger partial charge in [-0.15, -0.1) is 0 Å². The van der Waals surface area contributed by atoms with Gasteiger partial charge in [0.15, 0.2) is 5.96 Å². The first kappa shape index (κ1) is 23.0. The van der Waals surface area contributed by atoms with Gasteiger partial charge >= 0.3 is 5.97 Å². The van der Waals surface area contributed by atoms with E-state index in [4.69, 9.17) is 9.26 Å². The molecule has 0 unspecified atom stereocenters. The lowest BCUT2D eigenvalue weighted by atomic mass is 10.1. The van der Waals surface area contributed by atoms with Gasteiger partial charge in [-0.05, 0) is 33.1 Å². The molecule has 0 aromatic carbocycles. The van der Waals surface area contributed by atoms with Crippen LogP contribution in [0.2, 0.25) is 0 Å². The van der Waals surface area contributed by atoms with Crippen molar-refractivity contribution in [1.29, 1.82) is 0 Å². The van der Waals surface area contributed by atoms with Crippen LogP contribution in [0.15, 0.2) is 9.52 Å². The van der Waals surface area contributed by atoms with E-state index >= 15 is 0 Å². The minimum atomic E-state index is -0.0937. The Morgan fingerprint density at radius 2 is 1.85 bits per heavy atom. The van der Waals surface area contributed by atoms with Gasteiger partial charge in [0.1, 0.15) is 5.76 Å². The van der Waals surface area contributed by atoms with E-state index in [0.29, 0.717) is 19.6 Å². The number of ether oxygens (including phenoxy) is 1. The van der Waals surface area contributed by atoms with Gasteiger partial charge in [0.05, 0.1) is 18.8 Å². The summed E-state index contributed by atoms with van der Waals surface area (Å²) in [6.07, 6.45) is 6.24. The molecule has 0 atom stereocenters. The molecule has 1 heterocycles. The molecule has 0 radical (unpaired) electrons. The monoisotopic (exact) mass is 380 g/mol.